The summed E-state index contributed by atoms with van der Waals surface area (Å²) in [5.74, 6) is 0. The summed E-state index contributed by atoms with van der Waals surface area (Å²) in [6.45, 7) is 0. The maximum Gasteiger partial charge on any atom is 0.0462 e. The van der Waals surface area contributed by atoms with Crippen molar-refractivity contribution in [3.63, 3.8) is 0 Å². The normalized spacial score (nSPS) is 10.9. The first kappa shape index (κ1) is 36.4. The SMILES string of the molecule is c1ccc(N(c2ccccc2)c2ccc(P(c3ccc(N(c4ccccc4)c4ccccc4)cc3)c3ccc(N(c4ccccc4)c4ccccc4)cc3)cc2)cc1. The fraction of sp³-hybridized carbons (Fsp3) is 0. The van der Waals surface area contributed by atoms with Crippen molar-refractivity contribution in [3.05, 3.63) is 255 Å². The number of hydrogen-bond donors (Lipinski definition) is 0. The number of para-hydroxylation sites is 6. The molecule has 0 aliphatic rings. The highest BCUT2D eigenvalue weighted by Crippen LogP contribution is 2.41. The van der Waals surface area contributed by atoms with E-state index in [2.05, 4.69) is 269 Å². The van der Waals surface area contributed by atoms with Crippen LogP contribution < -0.4 is 30.6 Å². The van der Waals surface area contributed by atoms with Crippen LogP contribution in [0.1, 0.15) is 0 Å². The van der Waals surface area contributed by atoms with E-state index >= 15 is 0 Å². The van der Waals surface area contributed by atoms with E-state index in [9.17, 15) is 0 Å². The van der Waals surface area contributed by atoms with E-state index in [1.807, 2.05) is 0 Å². The maximum absolute atomic E-state index is 2.32. The number of hydrogen-bond acceptors (Lipinski definition) is 3. The molecule has 0 atom stereocenters. The van der Waals surface area contributed by atoms with Gasteiger partial charge in [-0.1, -0.05) is 146 Å². The van der Waals surface area contributed by atoms with Gasteiger partial charge in [-0.05, 0) is 133 Å². The lowest BCUT2D eigenvalue weighted by Gasteiger charge is -2.28. The van der Waals surface area contributed by atoms with Crippen molar-refractivity contribution in [1.82, 2.24) is 0 Å². The Hall–Kier alpha value is -7.19. The number of benzene rings is 9. The van der Waals surface area contributed by atoms with Gasteiger partial charge in [0.05, 0.1) is 0 Å². The minimum Gasteiger partial charge on any atom is -0.311 e. The number of anilines is 9. The van der Waals surface area contributed by atoms with Gasteiger partial charge in [0.25, 0.3) is 0 Å². The van der Waals surface area contributed by atoms with Gasteiger partial charge in [0.1, 0.15) is 0 Å². The average molecular weight is 764 g/mol. The zero-order chi connectivity index (χ0) is 38.9. The van der Waals surface area contributed by atoms with E-state index in [0.29, 0.717) is 0 Å². The topological polar surface area (TPSA) is 9.72 Å². The first-order chi connectivity index (χ1) is 28.8. The fourth-order valence-electron chi connectivity index (χ4n) is 7.50. The van der Waals surface area contributed by atoms with Gasteiger partial charge in [0.15, 0.2) is 0 Å². The summed E-state index contributed by atoms with van der Waals surface area (Å²) in [7, 11) is -0.922. The van der Waals surface area contributed by atoms with Crippen LogP contribution in [-0.4, -0.2) is 0 Å². The molecule has 4 heteroatoms. The van der Waals surface area contributed by atoms with Crippen molar-refractivity contribution in [2.45, 2.75) is 0 Å². The molecule has 0 aliphatic carbocycles. The molecule has 0 aliphatic heterocycles. The third kappa shape index (κ3) is 7.90. The van der Waals surface area contributed by atoms with Crippen molar-refractivity contribution in [3.8, 4) is 0 Å². The third-order valence-electron chi connectivity index (χ3n) is 10.2. The van der Waals surface area contributed by atoms with Crippen molar-refractivity contribution in [1.29, 1.82) is 0 Å². The Morgan fingerprint density at radius 2 is 0.328 bits per heavy atom. The van der Waals surface area contributed by atoms with Crippen LogP contribution in [0.2, 0.25) is 0 Å². The molecule has 0 bridgehead atoms. The lowest BCUT2D eigenvalue weighted by molar-refractivity contribution is 1.28. The summed E-state index contributed by atoms with van der Waals surface area (Å²) in [6.07, 6.45) is 0. The van der Waals surface area contributed by atoms with Crippen molar-refractivity contribution in [2.75, 3.05) is 14.7 Å². The van der Waals surface area contributed by atoms with E-state index in [4.69, 9.17) is 0 Å². The molecule has 9 aromatic rings. The molecule has 3 nitrogen and oxygen atoms in total. The molecular weight excluding hydrogens is 722 g/mol. The largest absolute Gasteiger partial charge is 0.311 e. The minimum absolute atomic E-state index is 0.922. The van der Waals surface area contributed by atoms with Gasteiger partial charge < -0.3 is 14.7 Å². The monoisotopic (exact) mass is 763 g/mol. The molecular formula is C54H42N3P. The summed E-state index contributed by atoms with van der Waals surface area (Å²) in [5, 5.41) is 3.85. The predicted molar refractivity (Wildman–Crippen MR) is 249 cm³/mol. The van der Waals surface area contributed by atoms with E-state index in [0.717, 1.165) is 51.2 Å². The molecule has 9 rings (SSSR count). The van der Waals surface area contributed by atoms with E-state index < -0.39 is 7.92 Å². The molecule has 0 heterocycles. The molecule has 0 saturated carbocycles. The average Bonchev–Trinajstić information content (AvgIpc) is 3.30. The van der Waals surface area contributed by atoms with Crippen LogP contribution in [0, 0.1) is 0 Å². The van der Waals surface area contributed by atoms with Crippen LogP contribution in [0.3, 0.4) is 0 Å². The summed E-state index contributed by atoms with van der Waals surface area (Å²) in [5.41, 5.74) is 10.1. The highest BCUT2D eigenvalue weighted by molar-refractivity contribution is 7.79. The number of rotatable bonds is 12. The summed E-state index contributed by atoms with van der Waals surface area (Å²) >= 11 is 0. The zero-order valence-corrected chi connectivity index (χ0v) is 32.9. The Morgan fingerprint density at radius 1 is 0.172 bits per heavy atom. The van der Waals surface area contributed by atoms with Gasteiger partial charge in [-0.15, -0.1) is 0 Å². The molecule has 9 aromatic carbocycles. The van der Waals surface area contributed by atoms with Gasteiger partial charge in [-0.3, -0.25) is 0 Å². The van der Waals surface area contributed by atoms with Crippen molar-refractivity contribution >= 4 is 75.0 Å². The third-order valence-corrected chi connectivity index (χ3v) is 12.6. The molecule has 0 aromatic heterocycles. The van der Waals surface area contributed by atoms with Crippen LogP contribution in [0.5, 0.6) is 0 Å². The smallest absolute Gasteiger partial charge is 0.0462 e. The second kappa shape index (κ2) is 17.3. The molecule has 0 N–H and O–H groups in total. The second-order valence-electron chi connectivity index (χ2n) is 13.9. The molecule has 0 radical (unpaired) electrons. The lowest BCUT2D eigenvalue weighted by atomic mass is 10.2. The highest BCUT2D eigenvalue weighted by Gasteiger charge is 2.21. The van der Waals surface area contributed by atoms with Crippen LogP contribution in [0.15, 0.2) is 255 Å². The summed E-state index contributed by atoms with van der Waals surface area (Å²) in [6, 6.07) is 91.1. The Morgan fingerprint density at radius 3 is 0.500 bits per heavy atom. The van der Waals surface area contributed by atoms with E-state index in [1.54, 1.807) is 0 Å². The van der Waals surface area contributed by atoms with Gasteiger partial charge in [0, 0.05) is 51.2 Å². The van der Waals surface area contributed by atoms with Crippen LogP contribution in [-0.2, 0) is 0 Å². The molecule has 0 amide bonds. The summed E-state index contributed by atoms with van der Waals surface area (Å²) in [4.78, 5) is 6.96. The van der Waals surface area contributed by atoms with Crippen molar-refractivity contribution in [2.24, 2.45) is 0 Å². The fourth-order valence-corrected chi connectivity index (χ4v) is 9.74. The van der Waals surface area contributed by atoms with Gasteiger partial charge in [-0.2, -0.15) is 0 Å². The molecule has 0 fully saturated rings. The predicted octanol–water partition coefficient (Wildman–Crippen LogP) is 13.9. The summed E-state index contributed by atoms with van der Waals surface area (Å²) < 4.78 is 0. The molecule has 0 spiro atoms. The first-order valence-electron chi connectivity index (χ1n) is 19.6. The van der Waals surface area contributed by atoms with E-state index in [-0.39, 0.29) is 0 Å². The lowest BCUT2D eigenvalue weighted by Crippen LogP contribution is -2.22. The van der Waals surface area contributed by atoms with Gasteiger partial charge in [-0.25, -0.2) is 0 Å². The Balaban J connectivity index is 1.13. The van der Waals surface area contributed by atoms with Gasteiger partial charge in [0.2, 0.25) is 0 Å². The quantitative estimate of drug-likeness (QED) is 0.115. The minimum atomic E-state index is -0.922. The highest BCUT2D eigenvalue weighted by atomic mass is 31.1. The van der Waals surface area contributed by atoms with Crippen LogP contribution in [0.25, 0.3) is 0 Å². The van der Waals surface area contributed by atoms with E-state index in [1.165, 1.54) is 15.9 Å². The first-order valence-corrected chi connectivity index (χ1v) is 21.0. The Labute approximate surface area is 343 Å². The van der Waals surface area contributed by atoms with Crippen LogP contribution >= 0.6 is 7.92 Å². The van der Waals surface area contributed by atoms with Crippen molar-refractivity contribution < 1.29 is 0 Å². The Bertz CT molecular complexity index is 2210. The van der Waals surface area contributed by atoms with Crippen LogP contribution in [0.4, 0.5) is 51.2 Å². The molecule has 0 unspecified atom stereocenters. The molecule has 0 saturated heterocycles. The maximum atomic E-state index is 2.32. The standard InChI is InChI=1S/C54H42N3P/c1-7-19-43(20-8-1)55(44-21-9-2-10-22-44)49-31-37-52(38-32-49)58(53-39-33-50(34-40-53)56(45-23-11-3-12-24-45)46-25-13-4-14-26-46)54-41-35-51(36-42-54)57(47-27-15-5-16-28-47)48-29-17-6-18-30-48/h1-42H. The zero-order valence-electron chi connectivity index (χ0n) is 32.0. The van der Waals surface area contributed by atoms with Gasteiger partial charge >= 0.3 is 0 Å². The second-order valence-corrected chi connectivity index (χ2v) is 16.1. The number of nitrogens with zero attached hydrogens (tertiary/aromatic N) is 3. The molecule has 278 valence electrons. The molecule has 58 heavy (non-hydrogen) atoms. The Kier molecular flexibility index (Phi) is 10.9.